The molecule has 2 aromatic rings. The molecule has 0 unspecified atom stereocenters. The summed E-state index contributed by atoms with van der Waals surface area (Å²) in [5.74, 6) is 0. The van der Waals surface area contributed by atoms with Crippen LogP contribution >= 0.6 is 0 Å². The Morgan fingerprint density at radius 2 is 1.78 bits per heavy atom. The first-order valence-electron chi connectivity index (χ1n) is 7.47. The molecule has 7 nitrogen and oxygen atoms in total. The number of nitrogens with one attached hydrogen (secondary N) is 1. The number of primary sulfonamides is 1. The Kier molecular flexibility index (Phi) is 4.70. The Balaban J connectivity index is 2.13. The monoisotopic (exact) mass is 421 g/mol. The topological polar surface area (TPSA) is 110 Å². The van der Waals surface area contributed by atoms with Gasteiger partial charge in [-0.15, -0.1) is 0 Å². The molecular formula is C15H14F3N3O4S2. The third-order valence-corrected chi connectivity index (χ3v) is 6.74. The molecule has 0 saturated carbocycles. The predicted octanol–water partition coefficient (Wildman–Crippen LogP) is 1.93. The van der Waals surface area contributed by atoms with Crippen LogP contribution in [-0.2, 0) is 32.8 Å². The lowest BCUT2D eigenvalue weighted by molar-refractivity contribution is -0.139. The van der Waals surface area contributed by atoms with Crippen molar-refractivity contribution < 1.29 is 30.0 Å². The molecule has 1 aliphatic rings. The lowest BCUT2D eigenvalue weighted by Gasteiger charge is -2.30. The molecule has 27 heavy (non-hydrogen) atoms. The summed E-state index contributed by atoms with van der Waals surface area (Å²) in [7, 11) is -9.05. The van der Waals surface area contributed by atoms with Crippen LogP contribution in [0.1, 0.15) is 11.1 Å². The van der Waals surface area contributed by atoms with Gasteiger partial charge >= 0.3 is 6.18 Å². The first-order valence-corrected chi connectivity index (χ1v) is 10.5. The summed E-state index contributed by atoms with van der Waals surface area (Å²) in [6.45, 7) is -0.308. The van der Waals surface area contributed by atoms with E-state index >= 15 is 0 Å². The highest BCUT2D eigenvalue weighted by atomic mass is 32.2. The molecule has 0 fully saturated rings. The van der Waals surface area contributed by atoms with E-state index in [2.05, 4.69) is 5.32 Å². The standard InChI is InChI=1S/C15H14F3N3O4S2/c16-15(17,18)11-6-12-14(7-13(11)26(19,22)23)27(24,25)21(9-20-12)8-10-4-2-1-3-5-10/h1-7,20H,8-9H2,(H2,19,22,23). The molecule has 3 N–H and O–H groups in total. The van der Waals surface area contributed by atoms with Gasteiger partial charge < -0.3 is 5.32 Å². The Morgan fingerprint density at radius 3 is 2.33 bits per heavy atom. The fourth-order valence-corrected chi connectivity index (χ4v) is 5.04. The van der Waals surface area contributed by atoms with Crippen molar-refractivity contribution >= 4 is 25.7 Å². The molecule has 12 heteroatoms. The number of nitrogens with two attached hydrogens (primary N) is 1. The maximum atomic E-state index is 13.2. The summed E-state index contributed by atoms with van der Waals surface area (Å²) in [4.78, 5) is -1.87. The molecule has 0 aliphatic carbocycles. The summed E-state index contributed by atoms with van der Waals surface area (Å²) in [5, 5.41) is 7.47. The average molecular weight is 421 g/mol. The van der Waals surface area contributed by atoms with Gasteiger partial charge in [0.25, 0.3) is 0 Å². The van der Waals surface area contributed by atoms with Crippen molar-refractivity contribution in [3.8, 4) is 0 Å². The van der Waals surface area contributed by atoms with Crippen LogP contribution in [-0.4, -0.2) is 27.8 Å². The quantitative estimate of drug-likeness (QED) is 0.787. The number of fused-ring (bicyclic) bond motifs is 1. The fraction of sp³-hybridized carbons (Fsp3) is 0.200. The van der Waals surface area contributed by atoms with Gasteiger partial charge in [0.1, 0.15) is 4.90 Å². The highest BCUT2D eigenvalue weighted by molar-refractivity contribution is 7.90. The molecule has 0 radical (unpaired) electrons. The summed E-state index contributed by atoms with van der Waals surface area (Å²) in [6, 6.07) is 9.45. The molecule has 0 amide bonds. The maximum absolute atomic E-state index is 13.2. The maximum Gasteiger partial charge on any atom is 0.417 e. The minimum Gasteiger partial charge on any atom is -0.370 e. The molecule has 146 valence electrons. The number of hydrogen-bond donors (Lipinski definition) is 2. The second kappa shape index (κ2) is 6.48. The van der Waals surface area contributed by atoms with E-state index in [1.54, 1.807) is 30.3 Å². The van der Waals surface area contributed by atoms with Gasteiger partial charge in [-0.25, -0.2) is 22.0 Å². The van der Waals surface area contributed by atoms with Crippen LogP contribution in [0.2, 0.25) is 0 Å². The average Bonchev–Trinajstić information content (AvgIpc) is 2.56. The van der Waals surface area contributed by atoms with Crippen molar-refractivity contribution in [2.45, 2.75) is 22.5 Å². The van der Waals surface area contributed by atoms with Crippen LogP contribution in [0.15, 0.2) is 52.3 Å². The zero-order valence-corrected chi connectivity index (χ0v) is 15.2. The number of rotatable bonds is 3. The normalized spacial score (nSPS) is 17.2. The Labute approximate surface area is 153 Å². The van der Waals surface area contributed by atoms with E-state index in [-0.39, 0.29) is 18.9 Å². The summed E-state index contributed by atoms with van der Waals surface area (Å²) in [6.07, 6.45) is -5.02. The van der Waals surface area contributed by atoms with Crippen LogP contribution < -0.4 is 10.5 Å². The molecule has 0 saturated heterocycles. The van der Waals surface area contributed by atoms with Crippen molar-refractivity contribution in [3.63, 3.8) is 0 Å². The third-order valence-electron chi connectivity index (χ3n) is 3.96. The van der Waals surface area contributed by atoms with Crippen LogP contribution in [0.5, 0.6) is 0 Å². The molecule has 0 aromatic heterocycles. The number of benzene rings is 2. The van der Waals surface area contributed by atoms with Gasteiger partial charge in [0.05, 0.1) is 22.8 Å². The molecule has 2 aromatic carbocycles. The molecule has 1 heterocycles. The molecule has 0 bridgehead atoms. The predicted molar refractivity (Wildman–Crippen MR) is 90.5 cm³/mol. The smallest absolute Gasteiger partial charge is 0.370 e. The van der Waals surface area contributed by atoms with E-state index < -0.39 is 41.6 Å². The van der Waals surface area contributed by atoms with Crippen molar-refractivity contribution in [3.05, 3.63) is 53.6 Å². The van der Waals surface area contributed by atoms with E-state index in [0.29, 0.717) is 17.7 Å². The van der Waals surface area contributed by atoms with Crippen molar-refractivity contribution in [2.24, 2.45) is 5.14 Å². The summed E-state index contributed by atoms with van der Waals surface area (Å²) < 4.78 is 89.5. The highest BCUT2D eigenvalue weighted by Gasteiger charge is 2.41. The molecule has 0 spiro atoms. The van der Waals surface area contributed by atoms with Gasteiger partial charge in [-0.2, -0.15) is 17.5 Å². The van der Waals surface area contributed by atoms with Gasteiger partial charge in [0.15, 0.2) is 0 Å². The number of anilines is 1. The van der Waals surface area contributed by atoms with E-state index in [4.69, 9.17) is 5.14 Å². The van der Waals surface area contributed by atoms with Crippen LogP contribution in [0, 0.1) is 0 Å². The minimum absolute atomic E-state index is 0.0403. The first kappa shape index (κ1) is 19.6. The number of hydrogen-bond acceptors (Lipinski definition) is 5. The largest absolute Gasteiger partial charge is 0.417 e. The molecule has 1 aliphatic heterocycles. The lowest BCUT2D eigenvalue weighted by atomic mass is 10.2. The zero-order valence-electron chi connectivity index (χ0n) is 13.6. The molecule has 3 rings (SSSR count). The Hall–Kier alpha value is -2.15. The molecule has 0 atom stereocenters. The van der Waals surface area contributed by atoms with E-state index in [1.165, 1.54) is 0 Å². The van der Waals surface area contributed by atoms with Gasteiger partial charge in [-0.3, -0.25) is 0 Å². The van der Waals surface area contributed by atoms with Crippen LogP contribution in [0.25, 0.3) is 0 Å². The van der Waals surface area contributed by atoms with E-state index in [0.717, 1.165) is 4.31 Å². The van der Waals surface area contributed by atoms with Gasteiger partial charge in [0.2, 0.25) is 20.0 Å². The Morgan fingerprint density at radius 1 is 1.15 bits per heavy atom. The third kappa shape index (κ3) is 3.78. The molecular weight excluding hydrogens is 407 g/mol. The summed E-state index contributed by atoms with van der Waals surface area (Å²) >= 11 is 0. The van der Waals surface area contributed by atoms with Gasteiger partial charge in [-0.1, -0.05) is 30.3 Å². The van der Waals surface area contributed by atoms with Crippen molar-refractivity contribution in [1.82, 2.24) is 4.31 Å². The van der Waals surface area contributed by atoms with Crippen LogP contribution in [0.3, 0.4) is 0 Å². The number of nitrogens with zero attached hydrogens (tertiary/aromatic N) is 1. The SMILES string of the molecule is NS(=O)(=O)c1cc2c(cc1C(F)(F)F)NCN(Cc1ccccc1)S2(=O)=O. The highest BCUT2D eigenvalue weighted by Crippen LogP contribution is 2.40. The van der Waals surface area contributed by atoms with Crippen molar-refractivity contribution in [1.29, 1.82) is 0 Å². The van der Waals surface area contributed by atoms with Gasteiger partial charge in [0, 0.05) is 6.54 Å². The fourth-order valence-electron chi connectivity index (χ4n) is 2.70. The van der Waals surface area contributed by atoms with Crippen LogP contribution in [0.4, 0.5) is 18.9 Å². The zero-order chi connectivity index (χ0) is 20.0. The lowest BCUT2D eigenvalue weighted by Crippen LogP contribution is -2.39. The number of halogens is 3. The number of alkyl halides is 3. The minimum atomic E-state index is -5.02. The van der Waals surface area contributed by atoms with E-state index in [1.807, 2.05) is 0 Å². The second-order valence-corrected chi connectivity index (χ2v) is 9.26. The van der Waals surface area contributed by atoms with Gasteiger partial charge in [-0.05, 0) is 17.7 Å². The van der Waals surface area contributed by atoms with Crippen molar-refractivity contribution in [2.75, 3.05) is 12.0 Å². The van der Waals surface area contributed by atoms with E-state index in [9.17, 15) is 30.0 Å². The first-order chi connectivity index (χ1) is 12.4. The number of sulfonamides is 2. The Bertz CT molecular complexity index is 1090. The summed E-state index contributed by atoms with van der Waals surface area (Å²) in [5.41, 5.74) is -1.20. The second-order valence-electron chi connectivity index (χ2n) is 5.82.